The van der Waals surface area contributed by atoms with Gasteiger partial charge in [-0.05, 0) is 29.2 Å². The Morgan fingerprint density at radius 2 is 1.79 bits per heavy atom. The maximum absolute atomic E-state index is 12.7. The molecular formula is C23H21ClN4O. The first-order valence-electron chi connectivity index (χ1n) is 9.47. The van der Waals surface area contributed by atoms with Gasteiger partial charge >= 0.3 is 0 Å². The Kier molecular flexibility index (Phi) is 5.32. The standard InChI is InChI=1S/C23H21ClN4O/c1-15(2)17-8-10-18(11-9-17)27-23(29)19-12-25-22-21(20(19)24)26-14-28(22)13-16-6-4-3-5-7-16/h3-12,14-15H,13H2,1-2H3,(H,27,29). The molecule has 0 unspecified atom stereocenters. The minimum atomic E-state index is -0.306. The van der Waals surface area contributed by atoms with E-state index in [1.807, 2.05) is 59.2 Å². The van der Waals surface area contributed by atoms with Crippen molar-refractivity contribution in [3.63, 3.8) is 0 Å². The van der Waals surface area contributed by atoms with Crippen LogP contribution >= 0.6 is 11.6 Å². The summed E-state index contributed by atoms with van der Waals surface area (Å²) in [5, 5.41) is 3.18. The molecule has 1 N–H and O–H groups in total. The molecule has 0 aliphatic heterocycles. The van der Waals surface area contributed by atoms with Gasteiger partial charge in [-0.15, -0.1) is 0 Å². The Balaban J connectivity index is 1.58. The minimum Gasteiger partial charge on any atom is -0.322 e. The van der Waals surface area contributed by atoms with Crippen molar-refractivity contribution >= 4 is 34.4 Å². The average Bonchev–Trinajstić information content (AvgIpc) is 3.13. The number of aromatic nitrogens is 3. The van der Waals surface area contributed by atoms with Crippen LogP contribution in [0.1, 0.15) is 41.3 Å². The van der Waals surface area contributed by atoms with E-state index < -0.39 is 0 Å². The Bertz CT molecular complexity index is 1150. The smallest absolute Gasteiger partial charge is 0.258 e. The van der Waals surface area contributed by atoms with Crippen LogP contribution in [0, 0.1) is 0 Å². The highest BCUT2D eigenvalue weighted by Gasteiger charge is 2.17. The van der Waals surface area contributed by atoms with Gasteiger partial charge < -0.3 is 9.88 Å². The lowest BCUT2D eigenvalue weighted by atomic mass is 10.0. The van der Waals surface area contributed by atoms with E-state index in [4.69, 9.17) is 11.6 Å². The van der Waals surface area contributed by atoms with Crippen LogP contribution in [0.4, 0.5) is 5.69 Å². The number of imidazole rings is 1. The molecule has 4 rings (SSSR count). The van der Waals surface area contributed by atoms with Crippen LogP contribution in [0.15, 0.2) is 67.1 Å². The number of carbonyl (C=O) groups is 1. The van der Waals surface area contributed by atoms with E-state index in [1.165, 1.54) is 11.8 Å². The van der Waals surface area contributed by atoms with Crippen molar-refractivity contribution in [2.45, 2.75) is 26.3 Å². The number of nitrogens with one attached hydrogen (secondary N) is 1. The zero-order valence-corrected chi connectivity index (χ0v) is 17.0. The molecule has 29 heavy (non-hydrogen) atoms. The molecule has 0 aliphatic carbocycles. The van der Waals surface area contributed by atoms with E-state index >= 15 is 0 Å². The molecule has 0 saturated heterocycles. The third kappa shape index (κ3) is 4.00. The van der Waals surface area contributed by atoms with E-state index in [1.54, 1.807) is 6.33 Å². The van der Waals surface area contributed by atoms with Crippen molar-refractivity contribution in [2.24, 2.45) is 0 Å². The Morgan fingerprint density at radius 1 is 1.07 bits per heavy atom. The molecule has 1 amide bonds. The molecular weight excluding hydrogens is 384 g/mol. The number of hydrogen-bond acceptors (Lipinski definition) is 3. The summed E-state index contributed by atoms with van der Waals surface area (Å²) in [4.78, 5) is 21.6. The van der Waals surface area contributed by atoms with Gasteiger partial charge in [0.05, 0.1) is 23.5 Å². The predicted octanol–water partition coefficient (Wildman–Crippen LogP) is 5.51. The predicted molar refractivity (Wildman–Crippen MR) is 117 cm³/mol. The van der Waals surface area contributed by atoms with Gasteiger partial charge in [-0.25, -0.2) is 9.97 Å². The molecule has 0 atom stereocenters. The molecule has 4 aromatic rings. The first kappa shape index (κ1) is 19.2. The number of hydrogen-bond donors (Lipinski definition) is 1. The zero-order valence-electron chi connectivity index (χ0n) is 16.3. The number of carbonyl (C=O) groups excluding carboxylic acids is 1. The third-order valence-electron chi connectivity index (χ3n) is 4.85. The lowest BCUT2D eigenvalue weighted by molar-refractivity contribution is 0.102. The van der Waals surface area contributed by atoms with Gasteiger partial charge in [-0.3, -0.25) is 4.79 Å². The normalized spacial score (nSPS) is 11.2. The first-order chi connectivity index (χ1) is 14.0. The summed E-state index contributed by atoms with van der Waals surface area (Å²) < 4.78 is 1.92. The fourth-order valence-electron chi connectivity index (χ4n) is 3.18. The molecule has 0 radical (unpaired) electrons. The maximum atomic E-state index is 12.7. The first-order valence-corrected chi connectivity index (χ1v) is 9.85. The van der Waals surface area contributed by atoms with Crippen LogP contribution in [0.2, 0.25) is 5.02 Å². The van der Waals surface area contributed by atoms with Gasteiger partial charge in [0.1, 0.15) is 5.52 Å². The van der Waals surface area contributed by atoms with Crippen molar-refractivity contribution in [2.75, 3.05) is 5.32 Å². The van der Waals surface area contributed by atoms with Crippen molar-refractivity contribution in [3.8, 4) is 0 Å². The van der Waals surface area contributed by atoms with Crippen LogP contribution in [0.25, 0.3) is 11.2 Å². The highest BCUT2D eigenvalue weighted by Crippen LogP contribution is 2.26. The monoisotopic (exact) mass is 404 g/mol. The Morgan fingerprint density at radius 3 is 2.48 bits per heavy atom. The topological polar surface area (TPSA) is 59.8 Å². The fourth-order valence-corrected chi connectivity index (χ4v) is 3.45. The SMILES string of the molecule is CC(C)c1ccc(NC(=O)c2cnc3c(ncn3Cc3ccccc3)c2Cl)cc1. The van der Waals surface area contributed by atoms with E-state index in [0.717, 1.165) is 5.56 Å². The minimum absolute atomic E-state index is 0.303. The van der Waals surface area contributed by atoms with Gasteiger partial charge in [0.2, 0.25) is 0 Å². The molecule has 6 heteroatoms. The molecule has 2 heterocycles. The second kappa shape index (κ2) is 8.05. The summed E-state index contributed by atoms with van der Waals surface area (Å²) in [7, 11) is 0. The van der Waals surface area contributed by atoms with Gasteiger partial charge in [0.25, 0.3) is 5.91 Å². The summed E-state index contributed by atoms with van der Waals surface area (Å²) in [6.07, 6.45) is 3.20. The number of anilines is 1. The molecule has 2 aromatic heterocycles. The number of nitrogens with zero attached hydrogens (tertiary/aromatic N) is 3. The lowest BCUT2D eigenvalue weighted by Crippen LogP contribution is -2.13. The molecule has 146 valence electrons. The van der Waals surface area contributed by atoms with Gasteiger partial charge in [-0.2, -0.15) is 0 Å². The van der Waals surface area contributed by atoms with Crippen molar-refractivity contribution in [3.05, 3.63) is 88.8 Å². The number of amides is 1. The molecule has 0 saturated carbocycles. The van der Waals surface area contributed by atoms with E-state index in [0.29, 0.717) is 39.9 Å². The maximum Gasteiger partial charge on any atom is 0.258 e. The van der Waals surface area contributed by atoms with Crippen molar-refractivity contribution in [1.29, 1.82) is 0 Å². The summed E-state index contributed by atoms with van der Waals surface area (Å²) in [6, 6.07) is 17.8. The number of benzene rings is 2. The highest BCUT2D eigenvalue weighted by atomic mass is 35.5. The largest absolute Gasteiger partial charge is 0.322 e. The van der Waals surface area contributed by atoms with Gasteiger partial charge in [-0.1, -0.05) is 67.9 Å². The Hall–Kier alpha value is -3.18. The molecule has 0 aliphatic rings. The van der Waals surface area contributed by atoms with Crippen LogP contribution in [0.5, 0.6) is 0 Å². The fraction of sp³-hybridized carbons (Fsp3) is 0.174. The van der Waals surface area contributed by atoms with Gasteiger partial charge in [0.15, 0.2) is 5.65 Å². The summed E-state index contributed by atoms with van der Waals surface area (Å²) in [5.41, 5.74) is 4.54. The average molecular weight is 405 g/mol. The van der Waals surface area contributed by atoms with Crippen molar-refractivity contribution in [1.82, 2.24) is 14.5 Å². The summed E-state index contributed by atoms with van der Waals surface area (Å²) >= 11 is 6.51. The van der Waals surface area contributed by atoms with Crippen LogP contribution in [-0.2, 0) is 6.54 Å². The van der Waals surface area contributed by atoms with Gasteiger partial charge in [0, 0.05) is 11.9 Å². The summed E-state index contributed by atoms with van der Waals surface area (Å²) in [5.74, 6) is 0.131. The zero-order chi connectivity index (χ0) is 20.4. The molecule has 5 nitrogen and oxygen atoms in total. The molecule has 2 aromatic carbocycles. The Labute approximate surface area is 174 Å². The number of pyridine rings is 1. The van der Waals surface area contributed by atoms with Crippen LogP contribution in [-0.4, -0.2) is 20.4 Å². The van der Waals surface area contributed by atoms with Crippen LogP contribution < -0.4 is 5.32 Å². The van der Waals surface area contributed by atoms with Crippen LogP contribution in [0.3, 0.4) is 0 Å². The molecule has 0 spiro atoms. The van der Waals surface area contributed by atoms with E-state index in [-0.39, 0.29) is 5.91 Å². The summed E-state index contributed by atoms with van der Waals surface area (Å²) in [6.45, 7) is 4.89. The number of fused-ring (bicyclic) bond motifs is 1. The highest BCUT2D eigenvalue weighted by molar-refractivity contribution is 6.38. The van der Waals surface area contributed by atoms with E-state index in [9.17, 15) is 4.79 Å². The third-order valence-corrected chi connectivity index (χ3v) is 5.23. The second-order valence-electron chi connectivity index (χ2n) is 7.25. The molecule has 0 fully saturated rings. The lowest BCUT2D eigenvalue weighted by Gasteiger charge is -2.10. The van der Waals surface area contributed by atoms with Crippen molar-refractivity contribution < 1.29 is 4.79 Å². The number of halogens is 1. The second-order valence-corrected chi connectivity index (χ2v) is 7.62. The quantitative estimate of drug-likeness (QED) is 0.477. The molecule has 0 bridgehead atoms. The van der Waals surface area contributed by atoms with E-state index in [2.05, 4.69) is 29.1 Å². The number of rotatable bonds is 5.